The van der Waals surface area contributed by atoms with Gasteiger partial charge in [-0.3, -0.25) is 9.59 Å². The number of carbonyl (C=O) groups is 2. The molecule has 0 saturated carbocycles. The highest BCUT2D eigenvalue weighted by molar-refractivity contribution is 9.11. The number of halogens is 2. The molecule has 1 atom stereocenters. The first-order valence-corrected chi connectivity index (χ1v) is 8.49. The molecule has 0 spiro atoms. The molecule has 2 N–H and O–H groups in total. The molecule has 0 fully saturated rings. The number of benzene rings is 1. The minimum Gasteiger partial charge on any atom is -0.340 e. The molecule has 1 aromatic heterocycles. The summed E-state index contributed by atoms with van der Waals surface area (Å²) in [5, 5.41) is 6.02. The molecule has 4 nitrogen and oxygen atoms in total. The Hall–Kier alpha value is -1.37. The summed E-state index contributed by atoms with van der Waals surface area (Å²) in [4.78, 5) is 24.7. The van der Waals surface area contributed by atoms with Gasteiger partial charge in [0.1, 0.15) is 6.04 Å². The zero-order valence-electron chi connectivity index (χ0n) is 11.9. The molecule has 116 valence electrons. The first kappa shape index (κ1) is 17.0. The standard InChI is InChI=1S/C15H14BrClN2O2S/c1-8-10(17)4-3-5-11(8)19-14(20)9(2)18-15(21)12-6-7-13(16)22-12/h3-7,9H,1-2H3,(H,18,21)(H,19,20). The molecule has 7 heteroatoms. The number of thiophene rings is 1. The molecule has 2 aromatic rings. The maximum absolute atomic E-state index is 12.2. The second-order valence-corrected chi connectivity index (χ2v) is 7.57. The maximum Gasteiger partial charge on any atom is 0.262 e. The number of amides is 2. The maximum atomic E-state index is 12.2. The number of anilines is 1. The summed E-state index contributed by atoms with van der Waals surface area (Å²) in [7, 11) is 0. The Kier molecular flexibility index (Phi) is 5.61. The van der Waals surface area contributed by atoms with Gasteiger partial charge in [0.2, 0.25) is 5.91 Å². The Bertz CT molecular complexity index is 717. The van der Waals surface area contributed by atoms with E-state index in [1.807, 2.05) is 6.92 Å². The van der Waals surface area contributed by atoms with Crippen molar-refractivity contribution in [2.45, 2.75) is 19.9 Å². The molecule has 2 amide bonds. The number of nitrogens with one attached hydrogen (secondary N) is 2. The van der Waals surface area contributed by atoms with E-state index in [-0.39, 0.29) is 11.8 Å². The smallest absolute Gasteiger partial charge is 0.262 e. The molecular weight excluding hydrogens is 388 g/mol. The number of hydrogen-bond acceptors (Lipinski definition) is 3. The van der Waals surface area contributed by atoms with Crippen molar-refractivity contribution in [1.82, 2.24) is 5.32 Å². The van der Waals surface area contributed by atoms with Crippen LogP contribution in [0.25, 0.3) is 0 Å². The van der Waals surface area contributed by atoms with Crippen molar-refractivity contribution < 1.29 is 9.59 Å². The lowest BCUT2D eigenvalue weighted by Gasteiger charge is -2.15. The van der Waals surface area contributed by atoms with E-state index in [4.69, 9.17) is 11.6 Å². The molecule has 0 saturated heterocycles. The van der Waals surface area contributed by atoms with Gasteiger partial charge in [-0.25, -0.2) is 0 Å². The van der Waals surface area contributed by atoms with E-state index in [1.165, 1.54) is 11.3 Å². The Morgan fingerprint density at radius 2 is 2.00 bits per heavy atom. The molecule has 1 heterocycles. The van der Waals surface area contributed by atoms with Crippen molar-refractivity contribution >= 4 is 56.4 Å². The third-order valence-electron chi connectivity index (χ3n) is 3.06. The van der Waals surface area contributed by atoms with Crippen LogP contribution in [0.2, 0.25) is 5.02 Å². The molecule has 0 bridgehead atoms. The third-order valence-corrected chi connectivity index (χ3v) is 5.10. The van der Waals surface area contributed by atoms with Crippen molar-refractivity contribution in [2.24, 2.45) is 0 Å². The van der Waals surface area contributed by atoms with E-state index in [1.54, 1.807) is 37.3 Å². The molecule has 0 aliphatic heterocycles. The van der Waals surface area contributed by atoms with Crippen LogP contribution in [0.4, 0.5) is 5.69 Å². The normalized spacial score (nSPS) is 11.8. The topological polar surface area (TPSA) is 58.2 Å². The monoisotopic (exact) mass is 400 g/mol. The molecule has 22 heavy (non-hydrogen) atoms. The van der Waals surface area contributed by atoms with E-state index in [0.29, 0.717) is 15.6 Å². The predicted molar refractivity (Wildman–Crippen MR) is 93.8 cm³/mol. The summed E-state index contributed by atoms with van der Waals surface area (Å²) in [5.41, 5.74) is 1.43. The van der Waals surface area contributed by atoms with Crippen LogP contribution >= 0.6 is 38.9 Å². The highest BCUT2D eigenvalue weighted by Crippen LogP contribution is 2.23. The van der Waals surface area contributed by atoms with Crippen molar-refractivity contribution in [3.8, 4) is 0 Å². The lowest BCUT2D eigenvalue weighted by atomic mass is 10.2. The molecule has 2 rings (SSSR count). The van der Waals surface area contributed by atoms with Gasteiger partial charge in [0.25, 0.3) is 5.91 Å². The van der Waals surface area contributed by atoms with Gasteiger partial charge in [-0.05, 0) is 59.6 Å². The van der Waals surface area contributed by atoms with Crippen molar-refractivity contribution in [3.63, 3.8) is 0 Å². The Morgan fingerprint density at radius 3 is 2.64 bits per heavy atom. The summed E-state index contributed by atoms with van der Waals surface area (Å²) in [6.07, 6.45) is 0. The van der Waals surface area contributed by atoms with E-state index in [2.05, 4.69) is 26.6 Å². The second-order valence-electron chi connectivity index (χ2n) is 4.70. The fourth-order valence-corrected chi connectivity index (χ4v) is 3.22. The van der Waals surface area contributed by atoms with Crippen molar-refractivity contribution in [1.29, 1.82) is 0 Å². The minimum atomic E-state index is -0.660. The zero-order chi connectivity index (χ0) is 16.3. The van der Waals surface area contributed by atoms with Gasteiger partial charge in [0, 0.05) is 10.7 Å². The van der Waals surface area contributed by atoms with Crippen LogP contribution in [0, 0.1) is 6.92 Å². The molecular formula is C15H14BrClN2O2S. The van der Waals surface area contributed by atoms with Crippen LogP contribution in [-0.2, 0) is 4.79 Å². The molecule has 0 aliphatic carbocycles. The SMILES string of the molecule is Cc1c(Cl)cccc1NC(=O)C(C)NC(=O)c1ccc(Br)s1. The second kappa shape index (κ2) is 7.26. The quantitative estimate of drug-likeness (QED) is 0.805. The van der Waals surface area contributed by atoms with Gasteiger partial charge in [-0.15, -0.1) is 11.3 Å². The van der Waals surface area contributed by atoms with Crippen LogP contribution < -0.4 is 10.6 Å². The van der Waals surface area contributed by atoms with E-state index in [0.717, 1.165) is 9.35 Å². The van der Waals surface area contributed by atoms with Gasteiger partial charge >= 0.3 is 0 Å². The third kappa shape index (κ3) is 4.09. The van der Waals surface area contributed by atoms with Gasteiger partial charge < -0.3 is 10.6 Å². The zero-order valence-corrected chi connectivity index (χ0v) is 15.1. The van der Waals surface area contributed by atoms with Crippen LogP contribution in [0.1, 0.15) is 22.2 Å². The Labute approximate surface area is 146 Å². The van der Waals surface area contributed by atoms with E-state index < -0.39 is 6.04 Å². The Morgan fingerprint density at radius 1 is 1.27 bits per heavy atom. The fourth-order valence-electron chi connectivity index (χ4n) is 1.75. The number of carbonyl (C=O) groups excluding carboxylic acids is 2. The van der Waals surface area contributed by atoms with Gasteiger partial charge in [0.15, 0.2) is 0 Å². The van der Waals surface area contributed by atoms with E-state index in [9.17, 15) is 9.59 Å². The summed E-state index contributed by atoms with van der Waals surface area (Å²) in [6.45, 7) is 3.46. The van der Waals surface area contributed by atoms with Crippen LogP contribution in [0.15, 0.2) is 34.1 Å². The molecule has 1 unspecified atom stereocenters. The van der Waals surface area contributed by atoms with E-state index >= 15 is 0 Å². The summed E-state index contributed by atoms with van der Waals surface area (Å²) >= 11 is 10.6. The van der Waals surface area contributed by atoms with Gasteiger partial charge in [-0.2, -0.15) is 0 Å². The highest BCUT2D eigenvalue weighted by Gasteiger charge is 2.18. The summed E-state index contributed by atoms with van der Waals surface area (Å²) in [5.74, 6) is -0.574. The lowest BCUT2D eigenvalue weighted by molar-refractivity contribution is -0.117. The largest absolute Gasteiger partial charge is 0.340 e. The number of hydrogen-bond donors (Lipinski definition) is 2. The first-order chi connectivity index (χ1) is 10.4. The minimum absolute atomic E-state index is 0.277. The summed E-state index contributed by atoms with van der Waals surface area (Å²) in [6, 6.07) is 8.12. The van der Waals surface area contributed by atoms with Gasteiger partial charge in [0.05, 0.1) is 8.66 Å². The lowest BCUT2D eigenvalue weighted by Crippen LogP contribution is -2.41. The Balaban J connectivity index is 2.00. The first-order valence-electron chi connectivity index (χ1n) is 6.50. The van der Waals surface area contributed by atoms with Crippen LogP contribution in [0.3, 0.4) is 0 Å². The van der Waals surface area contributed by atoms with Crippen LogP contribution in [-0.4, -0.2) is 17.9 Å². The average Bonchev–Trinajstić information content (AvgIpc) is 2.90. The fraction of sp³-hybridized carbons (Fsp3) is 0.200. The van der Waals surface area contributed by atoms with Crippen molar-refractivity contribution in [3.05, 3.63) is 49.6 Å². The molecule has 0 aliphatic rings. The number of rotatable bonds is 4. The molecule has 0 radical (unpaired) electrons. The van der Waals surface area contributed by atoms with Gasteiger partial charge in [-0.1, -0.05) is 17.7 Å². The van der Waals surface area contributed by atoms with Crippen LogP contribution in [0.5, 0.6) is 0 Å². The highest BCUT2D eigenvalue weighted by atomic mass is 79.9. The average molecular weight is 402 g/mol. The summed E-state index contributed by atoms with van der Waals surface area (Å²) < 4.78 is 0.865. The predicted octanol–water partition coefficient (Wildman–Crippen LogP) is 4.23. The van der Waals surface area contributed by atoms with Crippen molar-refractivity contribution in [2.75, 3.05) is 5.32 Å². The molecule has 1 aromatic carbocycles.